The van der Waals surface area contributed by atoms with Crippen molar-refractivity contribution in [3.63, 3.8) is 0 Å². The molecule has 0 aliphatic carbocycles. The second-order valence-electron chi connectivity index (χ2n) is 4.16. The van der Waals surface area contributed by atoms with Crippen molar-refractivity contribution >= 4 is 39.1 Å². The summed E-state index contributed by atoms with van der Waals surface area (Å²) in [4.78, 5) is 21.7. The van der Waals surface area contributed by atoms with E-state index in [2.05, 4.69) is 15.4 Å². The first-order chi connectivity index (χ1) is 10.6. The summed E-state index contributed by atoms with van der Waals surface area (Å²) in [5, 5.41) is 21.0. The van der Waals surface area contributed by atoms with Gasteiger partial charge in [0.15, 0.2) is 5.13 Å². The van der Waals surface area contributed by atoms with Crippen molar-refractivity contribution in [3.05, 3.63) is 40.5 Å². The highest BCUT2D eigenvalue weighted by atomic mass is 32.1. The fourth-order valence-electron chi connectivity index (χ4n) is 1.92. The SMILES string of the molecule is CON=C(C(=O)n1n[n+]([O-])c2ccccc21)c1csc(N)n1. The molecule has 2 aromatic heterocycles. The highest BCUT2D eigenvalue weighted by Crippen LogP contribution is 2.15. The summed E-state index contributed by atoms with van der Waals surface area (Å²) in [6.07, 6.45) is 0. The van der Waals surface area contributed by atoms with Crippen LogP contribution in [0, 0.1) is 5.21 Å². The average molecular weight is 318 g/mol. The van der Waals surface area contributed by atoms with Gasteiger partial charge in [0, 0.05) is 5.38 Å². The Kier molecular flexibility index (Phi) is 3.43. The van der Waals surface area contributed by atoms with Gasteiger partial charge in [0.05, 0.1) is 0 Å². The lowest BCUT2D eigenvalue weighted by atomic mass is 10.2. The Balaban J connectivity index is 2.12. The van der Waals surface area contributed by atoms with Crippen LogP contribution >= 0.6 is 11.3 Å². The number of nitrogens with zero attached hydrogens (tertiary/aromatic N) is 5. The molecule has 0 unspecified atom stereocenters. The van der Waals surface area contributed by atoms with Crippen LogP contribution in [0.5, 0.6) is 0 Å². The predicted molar refractivity (Wildman–Crippen MR) is 79.4 cm³/mol. The van der Waals surface area contributed by atoms with Crippen LogP contribution in [0.2, 0.25) is 0 Å². The largest absolute Gasteiger partial charge is 0.691 e. The van der Waals surface area contributed by atoms with Crippen molar-refractivity contribution in [1.29, 1.82) is 0 Å². The normalized spacial score (nSPS) is 11.8. The number of nitrogens with two attached hydrogens (primary N) is 1. The number of hydrogen-bond donors (Lipinski definition) is 1. The number of anilines is 1. The number of thiazole rings is 1. The Bertz CT molecular complexity index is 884. The predicted octanol–water partition coefficient (Wildman–Crippen LogP) is 0.399. The van der Waals surface area contributed by atoms with Crippen molar-refractivity contribution in [2.75, 3.05) is 12.8 Å². The van der Waals surface area contributed by atoms with E-state index in [0.29, 0.717) is 10.4 Å². The molecule has 3 rings (SSSR count). The number of carbonyl (C=O) groups is 1. The summed E-state index contributed by atoms with van der Waals surface area (Å²) in [6.45, 7) is 0. The maximum atomic E-state index is 12.6. The number of oxime groups is 1. The second-order valence-corrected chi connectivity index (χ2v) is 5.05. The minimum atomic E-state index is -0.641. The van der Waals surface area contributed by atoms with E-state index in [4.69, 9.17) is 10.6 Å². The Morgan fingerprint density at radius 3 is 2.95 bits per heavy atom. The van der Waals surface area contributed by atoms with Crippen LogP contribution in [0.4, 0.5) is 5.13 Å². The lowest BCUT2D eigenvalue weighted by Gasteiger charge is -1.97. The molecular weight excluding hydrogens is 308 g/mol. The van der Waals surface area contributed by atoms with Gasteiger partial charge in [-0.3, -0.25) is 0 Å². The Morgan fingerprint density at radius 1 is 1.50 bits per heavy atom. The van der Waals surface area contributed by atoms with Crippen LogP contribution < -0.4 is 10.6 Å². The molecule has 0 atom stereocenters. The maximum absolute atomic E-state index is 12.6. The van der Waals surface area contributed by atoms with Gasteiger partial charge in [0.2, 0.25) is 16.7 Å². The number of carbonyl (C=O) groups excluding carboxylic acids is 1. The molecule has 0 spiro atoms. The number of benzene rings is 1. The molecule has 10 heteroatoms. The van der Waals surface area contributed by atoms with Gasteiger partial charge < -0.3 is 15.8 Å². The molecule has 0 bridgehead atoms. The van der Waals surface area contributed by atoms with Gasteiger partial charge in [-0.15, -0.1) is 16.2 Å². The third-order valence-corrected chi connectivity index (χ3v) is 3.50. The van der Waals surface area contributed by atoms with Gasteiger partial charge in [-0.25, -0.2) is 9.78 Å². The number of nitrogen functional groups attached to an aromatic ring is 1. The van der Waals surface area contributed by atoms with Crippen LogP contribution in [0.1, 0.15) is 10.5 Å². The molecule has 0 amide bonds. The lowest BCUT2D eigenvalue weighted by Crippen LogP contribution is -2.33. The molecular formula is C12H10N6O3S. The smallest absolute Gasteiger partial charge is 0.390 e. The van der Waals surface area contributed by atoms with E-state index in [1.807, 2.05) is 0 Å². The van der Waals surface area contributed by atoms with Crippen LogP contribution in [-0.4, -0.2) is 33.6 Å². The minimum Gasteiger partial charge on any atom is -0.691 e. The molecule has 0 saturated heterocycles. The number of fused-ring (bicyclic) bond motifs is 1. The first-order valence-corrected chi connectivity index (χ1v) is 6.94. The Labute approximate surface area is 127 Å². The topological polar surface area (TPSA) is 122 Å². The van der Waals surface area contributed by atoms with Crippen molar-refractivity contribution in [2.24, 2.45) is 5.16 Å². The van der Waals surface area contributed by atoms with Gasteiger partial charge in [0.1, 0.15) is 18.0 Å². The third-order valence-electron chi connectivity index (χ3n) is 2.83. The summed E-state index contributed by atoms with van der Waals surface area (Å²) in [7, 11) is 1.30. The average Bonchev–Trinajstić information content (AvgIpc) is 3.09. The molecule has 0 fully saturated rings. The number of rotatable bonds is 3. The van der Waals surface area contributed by atoms with E-state index >= 15 is 0 Å². The first-order valence-electron chi connectivity index (χ1n) is 6.06. The zero-order valence-corrected chi connectivity index (χ0v) is 12.1. The molecule has 2 heterocycles. The van der Waals surface area contributed by atoms with E-state index in [-0.39, 0.29) is 22.1 Å². The molecule has 9 nitrogen and oxygen atoms in total. The first kappa shape index (κ1) is 13.9. The van der Waals surface area contributed by atoms with Crippen molar-refractivity contribution in [1.82, 2.24) is 14.9 Å². The second kappa shape index (κ2) is 5.41. The Hall–Kier alpha value is -3.01. The number of para-hydroxylation sites is 2. The molecule has 0 saturated carbocycles. The van der Waals surface area contributed by atoms with Gasteiger partial charge in [-0.05, 0) is 12.1 Å². The third kappa shape index (κ3) is 2.24. The zero-order chi connectivity index (χ0) is 15.7. The molecule has 22 heavy (non-hydrogen) atoms. The monoisotopic (exact) mass is 318 g/mol. The highest BCUT2D eigenvalue weighted by molar-refractivity contribution is 7.13. The molecule has 0 aliphatic heterocycles. The van der Waals surface area contributed by atoms with E-state index in [0.717, 1.165) is 16.0 Å². The summed E-state index contributed by atoms with van der Waals surface area (Å²) in [6, 6.07) is 6.54. The number of aromatic nitrogens is 4. The zero-order valence-electron chi connectivity index (χ0n) is 11.3. The van der Waals surface area contributed by atoms with Crippen LogP contribution in [0.15, 0.2) is 34.8 Å². The van der Waals surface area contributed by atoms with Crippen molar-refractivity contribution in [2.45, 2.75) is 0 Å². The van der Waals surface area contributed by atoms with Crippen LogP contribution in [-0.2, 0) is 4.84 Å². The van der Waals surface area contributed by atoms with Gasteiger partial charge >= 0.3 is 5.91 Å². The summed E-state index contributed by atoms with van der Waals surface area (Å²) >= 11 is 1.16. The van der Waals surface area contributed by atoms with E-state index < -0.39 is 5.91 Å². The lowest BCUT2D eigenvalue weighted by molar-refractivity contribution is -0.645. The highest BCUT2D eigenvalue weighted by Gasteiger charge is 2.29. The van der Waals surface area contributed by atoms with Crippen LogP contribution in [0.3, 0.4) is 0 Å². The quantitative estimate of drug-likeness (QED) is 0.323. The molecule has 2 N–H and O–H groups in total. The summed E-state index contributed by atoms with van der Waals surface area (Å²) in [5.41, 5.74) is 6.36. The maximum Gasteiger partial charge on any atom is 0.390 e. The molecule has 112 valence electrons. The van der Waals surface area contributed by atoms with E-state index in [9.17, 15) is 10.0 Å². The van der Waals surface area contributed by atoms with Gasteiger partial charge in [-0.2, -0.15) is 0 Å². The standard InChI is InChI=1S/C12H10N6O3S/c1-21-15-10(7-6-22-12(13)14-7)11(19)17-8-4-2-3-5-9(8)18(20)16-17/h2-6H,1H3,(H2,13,14). The summed E-state index contributed by atoms with van der Waals surface area (Å²) < 4.78 is 0.954. The van der Waals surface area contributed by atoms with E-state index in [1.54, 1.807) is 29.6 Å². The van der Waals surface area contributed by atoms with Gasteiger partial charge in [0.25, 0.3) is 0 Å². The van der Waals surface area contributed by atoms with Crippen molar-refractivity contribution < 1.29 is 14.5 Å². The van der Waals surface area contributed by atoms with Crippen LogP contribution in [0.25, 0.3) is 11.0 Å². The fraction of sp³-hybridized carbons (Fsp3) is 0.0833. The molecule has 0 radical (unpaired) electrons. The van der Waals surface area contributed by atoms with E-state index in [1.165, 1.54) is 7.11 Å². The van der Waals surface area contributed by atoms with Crippen molar-refractivity contribution in [3.8, 4) is 0 Å². The number of hydrogen-bond acceptors (Lipinski definition) is 8. The minimum absolute atomic E-state index is 0.0932. The summed E-state index contributed by atoms with van der Waals surface area (Å²) in [5.74, 6) is -0.641. The fourth-order valence-corrected chi connectivity index (χ4v) is 2.46. The van der Waals surface area contributed by atoms with Gasteiger partial charge in [-0.1, -0.05) is 22.0 Å². The molecule has 3 aromatic rings. The molecule has 1 aromatic carbocycles. The molecule has 0 aliphatic rings. The Morgan fingerprint density at radius 2 is 2.27 bits per heavy atom.